The van der Waals surface area contributed by atoms with E-state index in [1.165, 1.54) is 8.61 Å². The Morgan fingerprint density at radius 3 is 2.95 bits per heavy atom. The average molecular weight is 284 g/mol. The zero-order valence-electron chi connectivity index (χ0n) is 11.1. The van der Waals surface area contributed by atoms with Gasteiger partial charge >= 0.3 is 0 Å². The summed E-state index contributed by atoms with van der Waals surface area (Å²) in [7, 11) is -1.80. The van der Waals surface area contributed by atoms with Crippen LogP contribution in [-0.4, -0.2) is 55.2 Å². The van der Waals surface area contributed by atoms with Gasteiger partial charge in [0.1, 0.15) is 0 Å². The van der Waals surface area contributed by atoms with Crippen LogP contribution in [-0.2, 0) is 16.8 Å². The molecular weight excluding hydrogens is 264 g/mol. The first-order valence-electron chi connectivity index (χ1n) is 6.43. The van der Waals surface area contributed by atoms with E-state index >= 15 is 0 Å². The summed E-state index contributed by atoms with van der Waals surface area (Å²) >= 11 is 0. The first-order chi connectivity index (χ1) is 9.10. The van der Waals surface area contributed by atoms with E-state index < -0.39 is 10.2 Å². The number of pyridine rings is 1. The first-order valence-corrected chi connectivity index (χ1v) is 7.82. The van der Waals surface area contributed by atoms with Gasteiger partial charge < -0.3 is 5.32 Å². The zero-order valence-corrected chi connectivity index (χ0v) is 11.9. The maximum Gasteiger partial charge on any atom is 0.282 e. The third-order valence-corrected chi connectivity index (χ3v) is 5.06. The fraction of sp³-hybridized carbons (Fsp3) is 0.583. The standard InChI is InChI=1S/C12H20N4O2S/c1-15(11-12-5-2-3-7-14-12)19(17,18)16-9-4-6-13-8-10-16/h2-3,5,7,13H,4,6,8-11H2,1H3. The molecule has 0 bridgehead atoms. The predicted octanol–water partition coefficient (Wildman–Crippen LogP) is 0.0535. The summed E-state index contributed by atoms with van der Waals surface area (Å²) in [6, 6.07) is 5.51. The molecule has 106 valence electrons. The molecule has 1 fully saturated rings. The maximum atomic E-state index is 12.4. The van der Waals surface area contributed by atoms with Gasteiger partial charge in [0.15, 0.2) is 0 Å². The summed E-state index contributed by atoms with van der Waals surface area (Å²) in [5.74, 6) is 0. The highest BCUT2D eigenvalue weighted by Crippen LogP contribution is 2.11. The van der Waals surface area contributed by atoms with E-state index in [0.29, 0.717) is 26.2 Å². The molecule has 19 heavy (non-hydrogen) atoms. The fourth-order valence-corrected chi connectivity index (χ4v) is 3.42. The SMILES string of the molecule is CN(Cc1ccccn1)S(=O)(=O)N1CCCNCC1. The van der Waals surface area contributed by atoms with Gasteiger partial charge in [-0.3, -0.25) is 4.98 Å². The number of rotatable bonds is 4. The molecule has 6 nitrogen and oxygen atoms in total. The van der Waals surface area contributed by atoms with Gasteiger partial charge in [0.25, 0.3) is 10.2 Å². The van der Waals surface area contributed by atoms with Crippen molar-refractivity contribution in [3.8, 4) is 0 Å². The molecule has 0 aliphatic carbocycles. The molecule has 0 atom stereocenters. The lowest BCUT2D eigenvalue weighted by atomic mass is 10.3. The maximum absolute atomic E-state index is 12.4. The highest BCUT2D eigenvalue weighted by atomic mass is 32.2. The molecule has 1 aromatic rings. The summed E-state index contributed by atoms with van der Waals surface area (Å²) in [4.78, 5) is 4.16. The Hall–Kier alpha value is -1.02. The normalized spacial score (nSPS) is 18.4. The molecule has 1 N–H and O–H groups in total. The van der Waals surface area contributed by atoms with E-state index in [2.05, 4.69) is 10.3 Å². The minimum atomic E-state index is -3.40. The molecular formula is C12H20N4O2S. The van der Waals surface area contributed by atoms with Gasteiger partial charge in [-0.25, -0.2) is 0 Å². The van der Waals surface area contributed by atoms with E-state index in [-0.39, 0.29) is 0 Å². The zero-order chi connectivity index (χ0) is 13.7. The van der Waals surface area contributed by atoms with E-state index in [1.54, 1.807) is 13.2 Å². The summed E-state index contributed by atoms with van der Waals surface area (Å²) in [5.41, 5.74) is 0.751. The summed E-state index contributed by atoms with van der Waals surface area (Å²) in [6.07, 6.45) is 2.52. The van der Waals surface area contributed by atoms with Gasteiger partial charge in [0, 0.05) is 32.9 Å². The van der Waals surface area contributed by atoms with Gasteiger partial charge in [-0.2, -0.15) is 17.0 Å². The van der Waals surface area contributed by atoms with Crippen molar-refractivity contribution in [2.45, 2.75) is 13.0 Å². The van der Waals surface area contributed by atoms with Crippen molar-refractivity contribution in [3.63, 3.8) is 0 Å². The van der Waals surface area contributed by atoms with Crippen molar-refractivity contribution in [1.82, 2.24) is 18.9 Å². The van der Waals surface area contributed by atoms with Crippen LogP contribution in [0.5, 0.6) is 0 Å². The Morgan fingerprint density at radius 2 is 2.21 bits per heavy atom. The molecule has 0 aromatic carbocycles. The van der Waals surface area contributed by atoms with Crippen molar-refractivity contribution in [2.75, 3.05) is 33.2 Å². The summed E-state index contributed by atoms with van der Waals surface area (Å²) in [5, 5.41) is 3.20. The second-order valence-corrected chi connectivity index (χ2v) is 6.62. The van der Waals surface area contributed by atoms with Crippen molar-refractivity contribution >= 4 is 10.2 Å². The molecule has 0 unspecified atom stereocenters. The van der Waals surface area contributed by atoms with E-state index in [9.17, 15) is 8.42 Å². The largest absolute Gasteiger partial charge is 0.315 e. The Kier molecular flexibility index (Phi) is 4.87. The molecule has 7 heteroatoms. The lowest BCUT2D eigenvalue weighted by molar-refractivity contribution is 0.366. The topological polar surface area (TPSA) is 65.5 Å². The lowest BCUT2D eigenvalue weighted by Gasteiger charge is -2.25. The highest BCUT2D eigenvalue weighted by Gasteiger charge is 2.27. The molecule has 0 spiro atoms. The third kappa shape index (κ3) is 3.73. The number of nitrogens with one attached hydrogen (secondary N) is 1. The van der Waals surface area contributed by atoms with Gasteiger partial charge in [-0.05, 0) is 25.1 Å². The number of nitrogens with zero attached hydrogens (tertiary/aromatic N) is 3. The van der Waals surface area contributed by atoms with Gasteiger partial charge in [0.05, 0.1) is 12.2 Å². The van der Waals surface area contributed by atoms with Crippen LogP contribution in [0.1, 0.15) is 12.1 Å². The van der Waals surface area contributed by atoms with Crippen molar-refractivity contribution in [1.29, 1.82) is 0 Å². The van der Waals surface area contributed by atoms with Crippen LogP contribution >= 0.6 is 0 Å². The van der Waals surface area contributed by atoms with Crippen molar-refractivity contribution in [3.05, 3.63) is 30.1 Å². The Labute approximate surface area is 114 Å². The van der Waals surface area contributed by atoms with Crippen LogP contribution in [0.3, 0.4) is 0 Å². The average Bonchev–Trinajstić information content (AvgIpc) is 2.69. The minimum absolute atomic E-state index is 0.299. The monoisotopic (exact) mass is 284 g/mol. The molecule has 1 aliphatic rings. The molecule has 0 saturated carbocycles. The first kappa shape index (κ1) is 14.4. The summed E-state index contributed by atoms with van der Waals surface area (Å²) < 4.78 is 27.8. The Balaban J connectivity index is 2.05. The van der Waals surface area contributed by atoms with Crippen LogP contribution in [0, 0.1) is 0 Å². The molecule has 1 aromatic heterocycles. The Morgan fingerprint density at radius 1 is 1.37 bits per heavy atom. The molecule has 0 amide bonds. The van der Waals surface area contributed by atoms with Crippen LogP contribution in [0.4, 0.5) is 0 Å². The van der Waals surface area contributed by atoms with Crippen LogP contribution in [0.25, 0.3) is 0 Å². The summed E-state index contributed by atoms with van der Waals surface area (Å²) in [6.45, 7) is 2.97. The number of hydrogen-bond donors (Lipinski definition) is 1. The number of aromatic nitrogens is 1. The van der Waals surface area contributed by atoms with E-state index in [1.807, 2.05) is 18.2 Å². The van der Waals surface area contributed by atoms with Crippen LogP contribution < -0.4 is 5.32 Å². The van der Waals surface area contributed by atoms with Crippen LogP contribution in [0.2, 0.25) is 0 Å². The van der Waals surface area contributed by atoms with Gasteiger partial charge in [-0.15, -0.1) is 0 Å². The van der Waals surface area contributed by atoms with Crippen LogP contribution in [0.15, 0.2) is 24.4 Å². The molecule has 1 aliphatic heterocycles. The van der Waals surface area contributed by atoms with E-state index in [4.69, 9.17) is 0 Å². The van der Waals surface area contributed by atoms with Gasteiger partial charge in [0.2, 0.25) is 0 Å². The Bertz CT molecular complexity index is 484. The second kappa shape index (κ2) is 6.42. The fourth-order valence-electron chi connectivity index (χ4n) is 2.05. The lowest BCUT2D eigenvalue weighted by Crippen LogP contribution is -2.43. The predicted molar refractivity (Wildman–Crippen MR) is 73.7 cm³/mol. The van der Waals surface area contributed by atoms with Crippen molar-refractivity contribution < 1.29 is 8.42 Å². The quantitative estimate of drug-likeness (QED) is 0.849. The smallest absolute Gasteiger partial charge is 0.282 e. The highest BCUT2D eigenvalue weighted by molar-refractivity contribution is 7.86. The second-order valence-electron chi connectivity index (χ2n) is 4.59. The van der Waals surface area contributed by atoms with Gasteiger partial charge in [-0.1, -0.05) is 6.07 Å². The third-order valence-electron chi connectivity index (χ3n) is 3.13. The molecule has 2 rings (SSSR count). The minimum Gasteiger partial charge on any atom is -0.315 e. The van der Waals surface area contributed by atoms with Crippen molar-refractivity contribution in [2.24, 2.45) is 0 Å². The molecule has 1 saturated heterocycles. The number of hydrogen-bond acceptors (Lipinski definition) is 4. The van der Waals surface area contributed by atoms with E-state index in [0.717, 1.165) is 18.7 Å². The molecule has 2 heterocycles. The molecule has 0 radical (unpaired) electrons.